The van der Waals surface area contributed by atoms with Crippen LogP contribution in [0.15, 0.2) is 41.1 Å². The molecular weight excluding hydrogens is 214 g/mol. The Morgan fingerprint density at radius 2 is 1.76 bits per heavy atom. The summed E-state index contributed by atoms with van der Waals surface area (Å²) in [6, 6.07) is 7.03. The number of nitrogen functional groups attached to an aromatic ring is 1. The van der Waals surface area contributed by atoms with Crippen LogP contribution in [0.25, 0.3) is 0 Å². The number of hydrogen-bond acceptors (Lipinski definition) is 3. The Morgan fingerprint density at radius 3 is 2.24 bits per heavy atom. The van der Waals surface area contributed by atoms with Crippen molar-refractivity contribution in [3.05, 3.63) is 36.1 Å². The molecule has 0 radical (unpaired) electrons. The summed E-state index contributed by atoms with van der Waals surface area (Å²) in [5, 5.41) is 9.76. The predicted molar refractivity (Wildman–Crippen MR) is 72.3 cm³/mol. The van der Waals surface area contributed by atoms with Crippen LogP contribution in [0.4, 0.5) is 11.4 Å². The molecule has 1 rings (SSSR count). The van der Waals surface area contributed by atoms with E-state index >= 15 is 0 Å². The molecule has 92 valence electrons. The highest BCUT2D eigenvalue weighted by Gasteiger charge is 2.15. The lowest BCUT2D eigenvalue weighted by atomic mass is 9.93. The summed E-state index contributed by atoms with van der Waals surface area (Å²) in [5.41, 5.74) is 12.3. The zero-order valence-corrected chi connectivity index (χ0v) is 10.4. The van der Waals surface area contributed by atoms with Crippen molar-refractivity contribution < 1.29 is 5.11 Å². The maximum absolute atomic E-state index is 9.76. The smallest absolute Gasteiger partial charge is 0.127 e. The second-order valence-corrected chi connectivity index (χ2v) is 4.91. The molecule has 0 fully saturated rings. The second kappa shape index (κ2) is 4.91. The number of amidine groups is 1. The van der Waals surface area contributed by atoms with Crippen molar-refractivity contribution in [2.75, 3.05) is 5.73 Å². The standard InChI is InChI=1S/C13H19N3O/c1-13(2,3)11(17)8-12(15)16-10-6-4-9(14)5-7-10/h4-8,17H,14H2,1-3H3,(H2,15,16)/b11-8-. The monoisotopic (exact) mass is 233 g/mol. The minimum absolute atomic E-state index is 0.203. The third kappa shape index (κ3) is 4.18. The van der Waals surface area contributed by atoms with Crippen LogP contribution in [0.5, 0.6) is 0 Å². The Hall–Kier alpha value is -1.97. The van der Waals surface area contributed by atoms with Crippen LogP contribution in [-0.2, 0) is 0 Å². The van der Waals surface area contributed by atoms with E-state index in [4.69, 9.17) is 11.5 Å². The Kier molecular flexibility index (Phi) is 3.78. The minimum Gasteiger partial charge on any atom is -0.512 e. The molecular formula is C13H19N3O. The molecule has 0 bridgehead atoms. The fraction of sp³-hybridized carbons (Fsp3) is 0.308. The van der Waals surface area contributed by atoms with E-state index in [2.05, 4.69) is 4.99 Å². The molecule has 1 aromatic rings. The lowest BCUT2D eigenvalue weighted by Crippen LogP contribution is -2.15. The van der Waals surface area contributed by atoms with Gasteiger partial charge in [-0.25, -0.2) is 4.99 Å². The van der Waals surface area contributed by atoms with Gasteiger partial charge in [0.15, 0.2) is 0 Å². The van der Waals surface area contributed by atoms with Crippen LogP contribution in [0.2, 0.25) is 0 Å². The predicted octanol–water partition coefficient (Wildman–Crippen LogP) is 2.75. The molecule has 0 amide bonds. The molecule has 0 aromatic heterocycles. The van der Waals surface area contributed by atoms with Gasteiger partial charge in [0.2, 0.25) is 0 Å². The lowest BCUT2D eigenvalue weighted by molar-refractivity contribution is 0.278. The van der Waals surface area contributed by atoms with Gasteiger partial charge in [0.25, 0.3) is 0 Å². The molecule has 0 aliphatic carbocycles. The van der Waals surface area contributed by atoms with Gasteiger partial charge in [-0.1, -0.05) is 20.8 Å². The number of nitrogens with two attached hydrogens (primary N) is 2. The Morgan fingerprint density at radius 1 is 1.24 bits per heavy atom. The lowest BCUT2D eigenvalue weighted by Gasteiger charge is -2.16. The van der Waals surface area contributed by atoms with Crippen LogP contribution in [0.3, 0.4) is 0 Å². The maximum atomic E-state index is 9.76. The second-order valence-electron chi connectivity index (χ2n) is 4.91. The van der Waals surface area contributed by atoms with Crippen LogP contribution in [0.1, 0.15) is 20.8 Å². The number of benzene rings is 1. The number of anilines is 1. The third-order valence-corrected chi connectivity index (χ3v) is 2.20. The van der Waals surface area contributed by atoms with Crippen LogP contribution >= 0.6 is 0 Å². The average molecular weight is 233 g/mol. The first-order chi connectivity index (χ1) is 7.79. The van der Waals surface area contributed by atoms with Gasteiger partial charge in [-0.3, -0.25) is 0 Å². The molecule has 4 heteroatoms. The summed E-state index contributed by atoms with van der Waals surface area (Å²) >= 11 is 0. The topological polar surface area (TPSA) is 84.6 Å². The molecule has 1 aromatic carbocycles. The SMILES string of the molecule is CC(C)(C)/C(O)=C/C(N)=Nc1ccc(N)cc1. The largest absolute Gasteiger partial charge is 0.512 e. The average Bonchev–Trinajstić information content (AvgIpc) is 2.20. The quantitative estimate of drug-likeness (QED) is 0.318. The summed E-state index contributed by atoms with van der Waals surface area (Å²) in [5.74, 6) is 0.469. The summed E-state index contributed by atoms with van der Waals surface area (Å²) in [4.78, 5) is 4.16. The highest BCUT2D eigenvalue weighted by atomic mass is 16.3. The fourth-order valence-electron chi connectivity index (χ4n) is 1.09. The number of aliphatic hydroxyl groups is 1. The number of rotatable bonds is 2. The molecule has 0 unspecified atom stereocenters. The van der Waals surface area contributed by atoms with E-state index in [0.717, 1.165) is 0 Å². The molecule has 0 heterocycles. The summed E-state index contributed by atoms with van der Waals surface area (Å²) in [6.45, 7) is 5.69. The molecule has 0 atom stereocenters. The first-order valence-corrected chi connectivity index (χ1v) is 5.40. The Balaban J connectivity index is 2.90. The van der Waals surface area contributed by atoms with Gasteiger partial charge in [-0.05, 0) is 24.3 Å². The number of allylic oxidation sites excluding steroid dienone is 1. The number of aliphatic hydroxyl groups excluding tert-OH is 1. The van der Waals surface area contributed by atoms with E-state index in [1.54, 1.807) is 24.3 Å². The number of hydrogen-bond donors (Lipinski definition) is 3. The minimum atomic E-state index is -0.332. The van der Waals surface area contributed by atoms with E-state index in [-0.39, 0.29) is 17.0 Å². The zero-order chi connectivity index (χ0) is 13.1. The maximum Gasteiger partial charge on any atom is 0.127 e. The molecule has 0 spiro atoms. The van der Waals surface area contributed by atoms with Gasteiger partial charge in [0.05, 0.1) is 5.69 Å². The van der Waals surface area contributed by atoms with Crippen molar-refractivity contribution in [2.24, 2.45) is 16.1 Å². The molecule has 0 aliphatic heterocycles. The molecule has 0 saturated carbocycles. The van der Waals surface area contributed by atoms with E-state index in [9.17, 15) is 5.11 Å². The molecule has 0 saturated heterocycles. The van der Waals surface area contributed by atoms with Crippen molar-refractivity contribution >= 4 is 17.2 Å². The van der Waals surface area contributed by atoms with Crippen molar-refractivity contribution in [3.8, 4) is 0 Å². The van der Waals surface area contributed by atoms with Crippen LogP contribution < -0.4 is 11.5 Å². The number of aliphatic imine (C=N–C) groups is 1. The summed E-state index contributed by atoms with van der Waals surface area (Å²) in [7, 11) is 0. The van der Waals surface area contributed by atoms with Gasteiger partial charge >= 0.3 is 0 Å². The van der Waals surface area contributed by atoms with E-state index in [0.29, 0.717) is 11.4 Å². The molecule has 5 N–H and O–H groups in total. The van der Waals surface area contributed by atoms with Gasteiger partial charge < -0.3 is 16.6 Å². The fourth-order valence-corrected chi connectivity index (χ4v) is 1.09. The van der Waals surface area contributed by atoms with Gasteiger partial charge in [-0.15, -0.1) is 0 Å². The van der Waals surface area contributed by atoms with Gasteiger partial charge in [0.1, 0.15) is 11.6 Å². The van der Waals surface area contributed by atoms with E-state index < -0.39 is 0 Å². The first kappa shape index (κ1) is 13.1. The Labute approximate surface area is 102 Å². The summed E-state index contributed by atoms with van der Waals surface area (Å²) in [6.07, 6.45) is 1.47. The molecule has 0 aliphatic rings. The van der Waals surface area contributed by atoms with Crippen molar-refractivity contribution in [3.63, 3.8) is 0 Å². The van der Waals surface area contributed by atoms with Crippen molar-refractivity contribution in [2.45, 2.75) is 20.8 Å². The van der Waals surface area contributed by atoms with Gasteiger partial charge in [0, 0.05) is 17.2 Å². The van der Waals surface area contributed by atoms with Crippen LogP contribution in [-0.4, -0.2) is 10.9 Å². The van der Waals surface area contributed by atoms with E-state index in [1.165, 1.54) is 6.08 Å². The first-order valence-electron chi connectivity index (χ1n) is 5.40. The van der Waals surface area contributed by atoms with Crippen LogP contribution in [0, 0.1) is 5.41 Å². The number of nitrogens with zero attached hydrogens (tertiary/aromatic N) is 1. The van der Waals surface area contributed by atoms with Crippen molar-refractivity contribution in [1.29, 1.82) is 0 Å². The third-order valence-electron chi connectivity index (χ3n) is 2.20. The summed E-state index contributed by atoms with van der Waals surface area (Å²) < 4.78 is 0. The zero-order valence-electron chi connectivity index (χ0n) is 10.4. The van der Waals surface area contributed by atoms with Gasteiger partial charge in [-0.2, -0.15) is 0 Å². The molecule has 4 nitrogen and oxygen atoms in total. The highest BCUT2D eigenvalue weighted by Crippen LogP contribution is 2.22. The Bertz CT molecular complexity index is 439. The highest BCUT2D eigenvalue weighted by molar-refractivity contribution is 5.93. The normalized spacial score (nSPS) is 13.8. The molecule has 17 heavy (non-hydrogen) atoms. The van der Waals surface area contributed by atoms with Crippen molar-refractivity contribution in [1.82, 2.24) is 0 Å². The van der Waals surface area contributed by atoms with E-state index in [1.807, 2.05) is 20.8 Å².